The smallest absolute Gasteiger partial charge is 0.272 e. The van der Waals surface area contributed by atoms with Crippen molar-refractivity contribution in [2.24, 2.45) is 0 Å². The first-order valence-electron chi connectivity index (χ1n) is 3.29. The number of hydrogen-bond donors (Lipinski definition) is 1. The fraction of sp³-hybridized carbons (Fsp3) is 0.833. The highest BCUT2D eigenvalue weighted by Gasteiger charge is 2.22. The molecule has 1 amide bonds. The summed E-state index contributed by atoms with van der Waals surface area (Å²) in [5.74, 6) is -0.181. The Morgan fingerprint density at radius 3 is 3.10 bits per heavy atom. The topological polar surface area (TPSA) is 47.6 Å². The molecule has 1 atom stereocenters. The molecule has 1 aliphatic rings. The lowest BCUT2D eigenvalue weighted by Crippen LogP contribution is -2.33. The molecule has 0 aromatic rings. The van der Waals surface area contributed by atoms with Crippen molar-refractivity contribution in [2.45, 2.75) is 18.9 Å². The van der Waals surface area contributed by atoms with Gasteiger partial charge < -0.3 is 4.74 Å². The second kappa shape index (κ2) is 3.53. The van der Waals surface area contributed by atoms with Crippen LogP contribution in [0.25, 0.3) is 0 Å². The zero-order valence-electron chi connectivity index (χ0n) is 5.92. The van der Waals surface area contributed by atoms with E-state index < -0.39 is 0 Å². The molecule has 0 saturated carbocycles. The minimum absolute atomic E-state index is 0.181. The molecule has 0 aromatic heterocycles. The van der Waals surface area contributed by atoms with Crippen LogP contribution >= 0.6 is 0 Å². The highest BCUT2D eigenvalue weighted by Crippen LogP contribution is 2.11. The molecule has 0 aliphatic carbocycles. The monoisotopic (exact) mass is 145 g/mol. The number of amides is 1. The van der Waals surface area contributed by atoms with Gasteiger partial charge in [0.05, 0.1) is 7.11 Å². The molecule has 0 aromatic carbocycles. The third kappa shape index (κ3) is 1.68. The van der Waals surface area contributed by atoms with Crippen LogP contribution in [-0.4, -0.2) is 25.7 Å². The Kier molecular flexibility index (Phi) is 2.65. The van der Waals surface area contributed by atoms with Crippen molar-refractivity contribution in [3.8, 4) is 0 Å². The van der Waals surface area contributed by atoms with Crippen LogP contribution in [0.2, 0.25) is 0 Å². The summed E-state index contributed by atoms with van der Waals surface area (Å²) in [4.78, 5) is 15.3. The summed E-state index contributed by atoms with van der Waals surface area (Å²) in [6.45, 7) is 0.682. The average Bonchev–Trinajstić information content (AvgIpc) is 2.38. The molecule has 1 unspecified atom stereocenters. The molecule has 10 heavy (non-hydrogen) atoms. The first-order chi connectivity index (χ1) is 4.84. The fourth-order valence-corrected chi connectivity index (χ4v) is 0.951. The van der Waals surface area contributed by atoms with Crippen molar-refractivity contribution < 1.29 is 14.4 Å². The van der Waals surface area contributed by atoms with Gasteiger partial charge in [0.15, 0.2) is 0 Å². The van der Waals surface area contributed by atoms with E-state index >= 15 is 0 Å². The van der Waals surface area contributed by atoms with E-state index in [9.17, 15) is 4.79 Å². The highest BCUT2D eigenvalue weighted by molar-refractivity contribution is 5.79. The number of ether oxygens (including phenoxy) is 1. The molecule has 1 saturated heterocycles. The van der Waals surface area contributed by atoms with Gasteiger partial charge in [0, 0.05) is 6.61 Å². The molecule has 58 valence electrons. The number of carbonyl (C=O) groups excluding carboxylic acids is 1. The highest BCUT2D eigenvalue weighted by atomic mass is 16.6. The Hall–Kier alpha value is -0.610. The minimum Gasteiger partial charge on any atom is -0.368 e. The number of nitrogens with one attached hydrogen (secondary N) is 1. The quantitative estimate of drug-likeness (QED) is 0.549. The summed E-state index contributed by atoms with van der Waals surface area (Å²) in [5, 5.41) is 0. The van der Waals surface area contributed by atoms with Crippen LogP contribution in [0.1, 0.15) is 12.8 Å². The normalized spacial score (nSPS) is 24.7. The van der Waals surface area contributed by atoms with Gasteiger partial charge in [-0.05, 0) is 12.8 Å². The van der Waals surface area contributed by atoms with Gasteiger partial charge in [0.25, 0.3) is 5.91 Å². The van der Waals surface area contributed by atoms with E-state index in [1.54, 1.807) is 0 Å². The van der Waals surface area contributed by atoms with Gasteiger partial charge >= 0.3 is 0 Å². The van der Waals surface area contributed by atoms with Gasteiger partial charge in [-0.2, -0.15) is 0 Å². The molecule has 4 nitrogen and oxygen atoms in total. The van der Waals surface area contributed by atoms with Crippen LogP contribution in [0, 0.1) is 0 Å². The molecular formula is C6H11NO3. The van der Waals surface area contributed by atoms with E-state index in [1.807, 2.05) is 0 Å². The number of carbonyl (C=O) groups is 1. The Morgan fingerprint density at radius 1 is 1.80 bits per heavy atom. The molecule has 1 fully saturated rings. The van der Waals surface area contributed by atoms with E-state index in [1.165, 1.54) is 7.11 Å². The fourth-order valence-electron chi connectivity index (χ4n) is 0.951. The maximum absolute atomic E-state index is 10.9. The Bertz CT molecular complexity index is 120. The van der Waals surface area contributed by atoms with Crippen molar-refractivity contribution in [3.05, 3.63) is 0 Å². The van der Waals surface area contributed by atoms with E-state index in [0.717, 1.165) is 12.8 Å². The summed E-state index contributed by atoms with van der Waals surface area (Å²) < 4.78 is 5.08. The third-order valence-electron chi connectivity index (χ3n) is 1.42. The van der Waals surface area contributed by atoms with Gasteiger partial charge in [0.1, 0.15) is 6.10 Å². The van der Waals surface area contributed by atoms with Crippen LogP contribution < -0.4 is 5.48 Å². The second-order valence-corrected chi connectivity index (χ2v) is 2.17. The number of hydroxylamine groups is 1. The zero-order valence-corrected chi connectivity index (χ0v) is 5.92. The first-order valence-corrected chi connectivity index (χ1v) is 3.29. The molecule has 4 heteroatoms. The number of rotatable bonds is 2. The van der Waals surface area contributed by atoms with Crippen LogP contribution in [0.15, 0.2) is 0 Å². The van der Waals surface area contributed by atoms with E-state index in [0.29, 0.717) is 6.61 Å². The minimum atomic E-state index is -0.292. The SMILES string of the molecule is CONC(=O)C1CCCO1. The second-order valence-electron chi connectivity index (χ2n) is 2.17. The summed E-state index contributed by atoms with van der Waals surface area (Å²) in [5.41, 5.74) is 2.22. The number of hydrogen-bond acceptors (Lipinski definition) is 3. The van der Waals surface area contributed by atoms with Crippen LogP contribution in [-0.2, 0) is 14.4 Å². The molecular weight excluding hydrogens is 134 g/mol. The first kappa shape index (κ1) is 7.50. The Morgan fingerprint density at radius 2 is 2.60 bits per heavy atom. The van der Waals surface area contributed by atoms with Crippen molar-refractivity contribution in [2.75, 3.05) is 13.7 Å². The molecule has 1 N–H and O–H groups in total. The molecule has 1 rings (SSSR count). The van der Waals surface area contributed by atoms with Crippen molar-refractivity contribution in [1.29, 1.82) is 0 Å². The van der Waals surface area contributed by atoms with Crippen LogP contribution in [0.4, 0.5) is 0 Å². The van der Waals surface area contributed by atoms with Crippen molar-refractivity contribution in [1.82, 2.24) is 5.48 Å². The van der Waals surface area contributed by atoms with Gasteiger partial charge in [-0.25, -0.2) is 5.48 Å². The largest absolute Gasteiger partial charge is 0.368 e. The van der Waals surface area contributed by atoms with Gasteiger partial charge in [-0.1, -0.05) is 0 Å². The molecule has 0 radical (unpaired) electrons. The lowest BCUT2D eigenvalue weighted by Gasteiger charge is -2.06. The summed E-state index contributed by atoms with van der Waals surface area (Å²) in [6.07, 6.45) is 1.47. The van der Waals surface area contributed by atoms with E-state index in [4.69, 9.17) is 4.74 Å². The predicted molar refractivity (Wildman–Crippen MR) is 34.1 cm³/mol. The lowest BCUT2D eigenvalue weighted by molar-refractivity contribution is -0.140. The predicted octanol–water partition coefficient (Wildman–Crippen LogP) is -0.157. The summed E-state index contributed by atoms with van der Waals surface area (Å²) >= 11 is 0. The summed E-state index contributed by atoms with van der Waals surface area (Å²) in [7, 11) is 1.41. The van der Waals surface area contributed by atoms with Gasteiger partial charge in [-0.15, -0.1) is 0 Å². The van der Waals surface area contributed by atoms with E-state index in [-0.39, 0.29) is 12.0 Å². The average molecular weight is 145 g/mol. The Labute approximate surface area is 59.5 Å². The zero-order chi connectivity index (χ0) is 7.40. The van der Waals surface area contributed by atoms with Crippen molar-refractivity contribution >= 4 is 5.91 Å². The maximum atomic E-state index is 10.9. The van der Waals surface area contributed by atoms with Gasteiger partial charge in [0.2, 0.25) is 0 Å². The third-order valence-corrected chi connectivity index (χ3v) is 1.42. The molecule has 0 spiro atoms. The maximum Gasteiger partial charge on any atom is 0.272 e. The summed E-state index contributed by atoms with van der Waals surface area (Å²) in [6, 6.07) is 0. The van der Waals surface area contributed by atoms with Crippen LogP contribution in [0.5, 0.6) is 0 Å². The Balaban J connectivity index is 2.25. The van der Waals surface area contributed by atoms with E-state index in [2.05, 4.69) is 10.3 Å². The molecule has 1 aliphatic heterocycles. The van der Waals surface area contributed by atoms with Crippen LogP contribution in [0.3, 0.4) is 0 Å². The standard InChI is InChI=1S/C6H11NO3/c1-9-7-6(8)5-3-2-4-10-5/h5H,2-4H2,1H3,(H,7,8). The van der Waals surface area contributed by atoms with Crippen molar-refractivity contribution in [3.63, 3.8) is 0 Å². The molecule has 0 bridgehead atoms. The lowest BCUT2D eigenvalue weighted by atomic mass is 10.2. The van der Waals surface area contributed by atoms with Gasteiger partial charge in [-0.3, -0.25) is 9.63 Å². The molecule has 1 heterocycles.